The summed E-state index contributed by atoms with van der Waals surface area (Å²) in [6.45, 7) is 13.8. The Hall–Kier alpha value is -2.44. The van der Waals surface area contributed by atoms with Gasteiger partial charge in [0.25, 0.3) is 0 Å². The third-order valence-electron chi connectivity index (χ3n) is 5.68. The Labute approximate surface area is 202 Å². The van der Waals surface area contributed by atoms with Crippen molar-refractivity contribution in [2.75, 3.05) is 0 Å². The molecule has 0 amide bonds. The smallest absolute Gasteiger partial charge is 0.123 e. The summed E-state index contributed by atoms with van der Waals surface area (Å²) in [5.74, 6) is 0.994. The van der Waals surface area contributed by atoms with Crippen molar-refractivity contribution in [3.63, 3.8) is 0 Å². The van der Waals surface area contributed by atoms with Gasteiger partial charge in [0, 0.05) is 16.9 Å². The van der Waals surface area contributed by atoms with Gasteiger partial charge in [0.05, 0.1) is 5.54 Å². The van der Waals surface area contributed by atoms with Gasteiger partial charge in [-0.1, -0.05) is 101 Å². The number of aliphatic imine (C=N–C) groups is 1. The molecule has 3 aromatic carbocycles. The second-order valence-corrected chi connectivity index (χ2v) is 11.9. The average Bonchev–Trinajstić information content (AvgIpc) is 2.78. The normalized spacial score (nSPS) is 14.1. The Morgan fingerprint density at radius 2 is 1.61 bits per heavy atom. The molecular weight excluding hydrogens is 421 g/mol. The number of hydrogen-bond donors (Lipinski definition) is 0. The Morgan fingerprint density at radius 3 is 2.30 bits per heavy atom. The fourth-order valence-electron chi connectivity index (χ4n) is 3.98. The van der Waals surface area contributed by atoms with E-state index < -0.39 is 0 Å². The first kappa shape index (κ1) is 25.2. The molecule has 0 radical (unpaired) electrons. The van der Waals surface area contributed by atoms with Crippen LogP contribution < -0.4 is 10.0 Å². The highest BCUT2D eigenvalue weighted by Gasteiger charge is 2.30. The molecule has 3 heteroatoms. The van der Waals surface area contributed by atoms with Crippen LogP contribution >= 0.6 is 8.58 Å². The maximum Gasteiger partial charge on any atom is 0.123 e. The van der Waals surface area contributed by atoms with Gasteiger partial charge in [0.2, 0.25) is 0 Å². The SMILES string of the molecule is CCCC(C)(Pc1ccccc1C=NC(C)(C)C)c1cc(C)ccc1OCc1ccccc1. The van der Waals surface area contributed by atoms with Crippen LogP contribution in [-0.2, 0) is 11.8 Å². The molecule has 0 aromatic heterocycles. The highest BCUT2D eigenvalue weighted by Crippen LogP contribution is 2.48. The van der Waals surface area contributed by atoms with Gasteiger partial charge in [-0.25, -0.2) is 0 Å². The van der Waals surface area contributed by atoms with Crippen molar-refractivity contribution in [1.29, 1.82) is 0 Å². The van der Waals surface area contributed by atoms with Gasteiger partial charge < -0.3 is 4.74 Å². The van der Waals surface area contributed by atoms with Crippen LogP contribution in [0.3, 0.4) is 0 Å². The first-order chi connectivity index (χ1) is 15.7. The first-order valence-electron chi connectivity index (χ1n) is 11.9. The second-order valence-electron chi connectivity index (χ2n) is 10.00. The highest BCUT2D eigenvalue weighted by atomic mass is 31.1. The van der Waals surface area contributed by atoms with E-state index in [1.807, 2.05) is 6.07 Å². The largest absolute Gasteiger partial charge is 0.489 e. The van der Waals surface area contributed by atoms with Gasteiger partial charge in [-0.2, -0.15) is 0 Å². The van der Waals surface area contributed by atoms with Gasteiger partial charge in [-0.05, 0) is 56.6 Å². The van der Waals surface area contributed by atoms with Crippen molar-refractivity contribution in [2.24, 2.45) is 4.99 Å². The number of benzene rings is 3. The molecule has 2 unspecified atom stereocenters. The zero-order valence-corrected chi connectivity index (χ0v) is 22.0. The first-order valence-corrected chi connectivity index (χ1v) is 12.9. The Balaban J connectivity index is 1.97. The fraction of sp³-hybridized carbons (Fsp3) is 0.367. The predicted octanol–water partition coefficient (Wildman–Crippen LogP) is 7.81. The van der Waals surface area contributed by atoms with Crippen molar-refractivity contribution in [1.82, 2.24) is 0 Å². The summed E-state index contributed by atoms with van der Waals surface area (Å²) in [5.41, 5.74) is 4.89. The summed E-state index contributed by atoms with van der Waals surface area (Å²) in [7, 11) is 0.617. The van der Waals surface area contributed by atoms with Crippen LogP contribution in [0, 0.1) is 6.92 Å². The van der Waals surface area contributed by atoms with Crippen molar-refractivity contribution < 1.29 is 4.74 Å². The van der Waals surface area contributed by atoms with Gasteiger partial charge in [0.15, 0.2) is 0 Å². The van der Waals surface area contributed by atoms with Crippen molar-refractivity contribution in [2.45, 2.75) is 71.7 Å². The molecule has 0 fully saturated rings. The summed E-state index contributed by atoms with van der Waals surface area (Å²) >= 11 is 0. The lowest BCUT2D eigenvalue weighted by Crippen LogP contribution is -2.22. The summed E-state index contributed by atoms with van der Waals surface area (Å²) in [6, 6.07) is 25.7. The second kappa shape index (κ2) is 11.1. The molecule has 0 heterocycles. The molecule has 33 heavy (non-hydrogen) atoms. The standard InChI is InChI=1S/C30H38NOP/c1-7-19-30(6,33-28-16-12-11-15-25(28)21-31-29(3,4)5)26-20-23(2)17-18-27(26)32-22-24-13-9-8-10-14-24/h8-18,20-21,33H,7,19,22H2,1-6H3. The van der Waals surface area contributed by atoms with E-state index in [0.29, 0.717) is 15.2 Å². The fourth-order valence-corrected chi connectivity index (χ4v) is 5.76. The molecule has 0 aliphatic rings. The van der Waals surface area contributed by atoms with Gasteiger partial charge in [-0.15, -0.1) is 0 Å². The molecule has 0 bridgehead atoms. The minimum Gasteiger partial charge on any atom is -0.489 e. The van der Waals surface area contributed by atoms with Crippen LogP contribution in [0.15, 0.2) is 77.8 Å². The molecule has 174 valence electrons. The number of nitrogens with zero attached hydrogens (tertiary/aromatic N) is 1. The molecule has 0 N–H and O–H groups in total. The predicted molar refractivity (Wildman–Crippen MR) is 146 cm³/mol. The summed E-state index contributed by atoms with van der Waals surface area (Å²) < 4.78 is 6.41. The number of aryl methyl sites for hydroxylation is 1. The van der Waals surface area contributed by atoms with E-state index >= 15 is 0 Å². The Bertz CT molecular complexity index is 1070. The lowest BCUT2D eigenvalue weighted by Gasteiger charge is -2.33. The quantitative estimate of drug-likeness (QED) is 0.236. The summed E-state index contributed by atoms with van der Waals surface area (Å²) in [5, 5.41) is 1.34. The minimum atomic E-state index is -0.0854. The molecule has 3 rings (SSSR count). The van der Waals surface area contributed by atoms with E-state index in [2.05, 4.69) is 114 Å². The van der Waals surface area contributed by atoms with E-state index in [4.69, 9.17) is 9.73 Å². The van der Waals surface area contributed by atoms with Gasteiger partial charge in [-0.3, -0.25) is 4.99 Å². The van der Waals surface area contributed by atoms with Crippen LogP contribution in [0.25, 0.3) is 0 Å². The molecule has 0 saturated heterocycles. The van der Waals surface area contributed by atoms with Crippen LogP contribution in [0.2, 0.25) is 0 Å². The van der Waals surface area contributed by atoms with Gasteiger partial charge in [0.1, 0.15) is 12.4 Å². The van der Waals surface area contributed by atoms with Crippen molar-refractivity contribution >= 4 is 20.1 Å². The van der Waals surface area contributed by atoms with Crippen molar-refractivity contribution in [3.05, 3.63) is 95.1 Å². The van der Waals surface area contributed by atoms with E-state index in [-0.39, 0.29) is 10.7 Å². The van der Waals surface area contributed by atoms with Gasteiger partial charge >= 0.3 is 0 Å². The molecular formula is C30H38NOP. The van der Waals surface area contributed by atoms with E-state index in [0.717, 1.165) is 18.6 Å². The van der Waals surface area contributed by atoms with E-state index in [1.165, 1.54) is 27.6 Å². The monoisotopic (exact) mass is 459 g/mol. The summed E-state index contributed by atoms with van der Waals surface area (Å²) in [4.78, 5) is 4.79. The maximum atomic E-state index is 6.41. The van der Waals surface area contributed by atoms with Crippen LogP contribution in [0.5, 0.6) is 5.75 Å². The molecule has 0 aliphatic heterocycles. The molecule has 2 nitrogen and oxygen atoms in total. The Morgan fingerprint density at radius 1 is 0.909 bits per heavy atom. The topological polar surface area (TPSA) is 21.6 Å². The number of ether oxygens (including phenoxy) is 1. The molecule has 3 aromatic rings. The average molecular weight is 460 g/mol. The lowest BCUT2D eigenvalue weighted by molar-refractivity contribution is 0.299. The van der Waals surface area contributed by atoms with E-state index in [1.54, 1.807) is 0 Å². The maximum absolute atomic E-state index is 6.41. The number of hydrogen-bond acceptors (Lipinski definition) is 2. The van der Waals surface area contributed by atoms with Crippen LogP contribution in [0.1, 0.15) is 69.7 Å². The minimum absolute atomic E-state index is 0.0154. The zero-order chi connectivity index (χ0) is 23.9. The third-order valence-corrected chi connectivity index (χ3v) is 7.47. The molecule has 0 aliphatic carbocycles. The summed E-state index contributed by atoms with van der Waals surface area (Å²) in [6.07, 6.45) is 4.27. The van der Waals surface area contributed by atoms with Crippen LogP contribution in [-0.4, -0.2) is 11.8 Å². The third kappa shape index (κ3) is 7.27. The Kier molecular flexibility index (Phi) is 8.49. The zero-order valence-electron chi connectivity index (χ0n) is 21.0. The van der Waals surface area contributed by atoms with Crippen LogP contribution in [0.4, 0.5) is 0 Å². The number of rotatable bonds is 9. The molecule has 2 atom stereocenters. The highest BCUT2D eigenvalue weighted by molar-refractivity contribution is 7.48. The molecule has 0 spiro atoms. The van der Waals surface area contributed by atoms with E-state index in [9.17, 15) is 0 Å². The van der Waals surface area contributed by atoms with Crippen molar-refractivity contribution in [3.8, 4) is 5.75 Å². The lowest BCUT2D eigenvalue weighted by atomic mass is 9.93. The molecule has 0 saturated carbocycles.